The van der Waals surface area contributed by atoms with Gasteiger partial charge >= 0.3 is 0 Å². The summed E-state index contributed by atoms with van der Waals surface area (Å²) >= 11 is 0. The number of hydrogen-bond acceptors (Lipinski definition) is 2. The van der Waals surface area contributed by atoms with Gasteiger partial charge in [-0.3, -0.25) is 0 Å². The monoisotopic (exact) mass is 152 g/mol. The fourth-order valence-electron chi connectivity index (χ4n) is 1.68. The fourth-order valence-corrected chi connectivity index (χ4v) is 1.68. The van der Waals surface area contributed by atoms with Crippen molar-refractivity contribution in [3.63, 3.8) is 0 Å². The Morgan fingerprint density at radius 2 is 2.45 bits per heavy atom. The van der Waals surface area contributed by atoms with E-state index in [9.17, 15) is 5.11 Å². The molecule has 2 heteroatoms. The Bertz CT molecular complexity index is 252. The van der Waals surface area contributed by atoms with Gasteiger partial charge in [0.05, 0.1) is 12.4 Å². The van der Waals surface area contributed by atoms with E-state index in [1.54, 1.807) is 6.26 Å². The lowest BCUT2D eigenvalue weighted by atomic mass is 9.87. The van der Waals surface area contributed by atoms with Crippen LogP contribution in [0.5, 0.6) is 0 Å². The van der Waals surface area contributed by atoms with Crippen molar-refractivity contribution in [2.24, 2.45) is 0 Å². The molecule has 60 valence electrons. The molecule has 2 rings (SSSR count). The summed E-state index contributed by atoms with van der Waals surface area (Å²) in [6.07, 6.45) is 3.32. The SMILES string of the molecule is CC1c2occc2CCC1O. The molecule has 0 radical (unpaired) electrons. The molecule has 0 spiro atoms. The van der Waals surface area contributed by atoms with Gasteiger partial charge in [-0.2, -0.15) is 0 Å². The first kappa shape index (κ1) is 6.92. The predicted molar refractivity (Wildman–Crippen MR) is 41.5 cm³/mol. The smallest absolute Gasteiger partial charge is 0.112 e. The van der Waals surface area contributed by atoms with E-state index in [2.05, 4.69) is 0 Å². The molecular formula is C9H12O2. The second-order valence-corrected chi connectivity index (χ2v) is 3.20. The molecule has 0 aromatic carbocycles. The summed E-state index contributed by atoms with van der Waals surface area (Å²) in [7, 11) is 0. The molecule has 0 saturated carbocycles. The summed E-state index contributed by atoms with van der Waals surface area (Å²) < 4.78 is 5.28. The van der Waals surface area contributed by atoms with E-state index >= 15 is 0 Å². The van der Waals surface area contributed by atoms with E-state index in [1.165, 1.54) is 5.56 Å². The van der Waals surface area contributed by atoms with E-state index in [4.69, 9.17) is 4.42 Å². The maximum atomic E-state index is 9.48. The lowest BCUT2D eigenvalue weighted by Gasteiger charge is -2.22. The highest BCUT2D eigenvalue weighted by Crippen LogP contribution is 2.31. The molecule has 1 heterocycles. The first-order valence-electron chi connectivity index (χ1n) is 4.03. The number of fused-ring (bicyclic) bond motifs is 1. The van der Waals surface area contributed by atoms with Crippen molar-refractivity contribution in [1.82, 2.24) is 0 Å². The van der Waals surface area contributed by atoms with E-state index in [-0.39, 0.29) is 12.0 Å². The minimum Gasteiger partial charge on any atom is -0.469 e. The Labute approximate surface area is 65.8 Å². The Kier molecular flexibility index (Phi) is 1.50. The Morgan fingerprint density at radius 1 is 1.64 bits per heavy atom. The van der Waals surface area contributed by atoms with E-state index in [1.807, 2.05) is 13.0 Å². The third-order valence-electron chi connectivity index (χ3n) is 2.48. The van der Waals surface area contributed by atoms with Crippen LogP contribution in [0.1, 0.15) is 30.6 Å². The van der Waals surface area contributed by atoms with Gasteiger partial charge in [0.25, 0.3) is 0 Å². The summed E-state index contributed by atoms with van der Waals surface area (Å²) in [4.78, 5) is 0. The summed E-state index contributed by atoms with van der Waals surface area (Å²) in [5.74, 6) is 1.15. The highest BCUT2D eigenvalue weighted by Gasteiger charge is 2.26. The first-order valence-corrected chi connectivity index (χ1v) is 4.03. The van der Waals surface area contributed by atoms with Gasteiger partial charge < -0.3 is 9.52 Å². The van der Waals surface area contributed by atoms with Crippen LogP contribution in [0, 0.1) is 0 Å². The molecule has 1 aliphatic rings. The normalized spacial score (nSPS) is 30.0. The highest BCUT2D eigenvalue weighted by molar-refractivity contribution is 5.24. The molecule has 2 unspecified atom stereocenters. The van der Waals surface area contributed by atoms with Gasteiger partial charge in [-0.1, -0.05) is 6.92 Å². The molecule has 0 amide bonds. The summed E-state index contributed by atoms with van der Waals surface area (Å²) in [5, 5.41) is 9.48. The van der Waals surface area contributed by atoms with Gasteiger partial charge in [0.15, 0.2) is 0 Å². The average molecular weight is 152 g/mol. The zero-order valence-electron chi connectivity index (χ0n) is 6.58. The van der Waals surface area contributed by atoms with Crippen molar-refractivity contribution in [3.8, 4) is 0 Å². The number of rotatable bonds is 0. The summed E-state index contributed by atoms with van der Waals surface area (Å²) in [6.45, 7) is 2.01. The lowest BCUT2D eigenvalue weighted by molar-refractivity contribution is 0.122. The van der Waals surface area contributed by atoms with Crippen molar-refractivity contribution in [1.29, 1.82) is 0 Å². The topological polar surface area (TPSA) is 33.4 Å². The largest absolute Gasteiger partial charge is 0.469 e. The first-order chi connectivity index (χ1) is 5.29. The van der Waals surface area contributed by atoms with Crippen molar-refractivity contribution in [3.05, 3.63) is 23.7 Å². The molecule has 2 nitrogen and oxygen atoms in total. The van der Waals surface area contributed by atoms with Gasteiger partial charge in [0, 0.05) is 5.92 Å². The molecule has 0 saturated heterocycles. The summed E-state index contributed by atoms with van der Waals surface area (Å²) in [5.41, 5.74) is 1.27. The zero-order valence-corrected chi connectivity index (χ0v) is 6.58. The number of aliphatic hydroxyl groups is 1. The molecule has 2 atom stereocenters. The van der Waals surface area contributed by atoms with Gasteiger partial charge in [0.2, 0.25) is 0 Å². The van der Waals surface area contributed by atoms with Gasteiger partial charge in [-0.15, -0.1) is 0 Å². The second kappa shape index (κ2) is 2.38. The van der Waals surface area contributed by atoms with Crippen LogP contribution >= 0.6 is 0 Å². The minimum absolute atomic E-state index is 0.175. The average Bonchev–Trinajstić information content (AvgIpc) is 2.45. The Hall–Kier alpha value is -0.760. The Morgan fingerprint density at radius 3 is 3.27 bits per heavy atom. The van der Waals surface area contributed by atoms with Crippen LogP contribution in [0.25, 0.3) is 0 Å². The van der Waals surface area contributed by atoms with Crippen molar-refractivity contribution < 1.29 is 9.52 Å². The molecule has 0 bridgehead atoms. The van der Waals surface area contributed by atoms with Crippen LogP contribution in [0.3, 0.4) is 0 Å². The van der Waals surface area contributed by atoms with Crippen LogP contribution in [0.2, 0.25) is 0 Å². The van der Waals surface area contributed by atoms with Crippen LogP contribution in [0.15, 0.2) is 16.7 Å². The van der Waals surface area contributed by atoms with Gasteiger partial charge in [-0.25, -0.2) is 0 Å². The Balaban J connectivity index is 2.38. The van der Waals surface area contributed by atoms with Crippen molar-refractivity contribution in [2.75, 3.05) is 0 Å². The standard InChI is InChI=1S/C9H12O2/c1-6-8(10)3-2-7-4-5-11-9(6)7/h4-6,8,10H,2-3H2,1H3. The highest BCUT2D eigenvalue weighted by atomic mass is 16.3. The van der Waals surface area contributed by atoms with Gasteiger partial charge in [0.1, 0.15) is 5.76 Å². The van der Waals surface area contributed by atoms with Crippen LogP contribution in [-0.2, 0) is 6.42 Å². The quantitative estimate of drug-likeness (QED) is 0.613. The molecule has 1 aromatic heterocycles. The number of aryl methyl sites for hydroxylation is 1. The van der Waals surface area contributed by atoms with Crippen LogP contribution in [0.4, 0.5) is 0 Å². The van der Waals surface area contributed by atoms with E-state index < -0.39 is 0 Å². The molecular weight excluding hydrogens is 140 g/mol. The lowest BCUT2D eigenvalue weighted by Crippen LogP contribution is -2.21. The third kappa shape index (κ3) is 0.979. The maximum Gasteiger partial charge on any atom is 0.112 e. The third-order valence-corrected chi connectivity index (χ3v) is 2.48. The van der Waals surface area contributed by atoms with Crippen LogP contribution < -0.4 is 0 Å². The van der Waals surface area contributed by atoms with E-state index in [0.717, 1.165) is 18.6 Å². The molecule has 1 N–H and O–H groups in total. The second-order valence-electron chi connectivity index (χ2n) is 3.20. The molecule has 0 aliphatic heterocycles. The minimum atomic E-state index is -0.214. The molecule has 0 fully saturated rings. The van der Waals surface area contributed by atoms with Crippen molar-refractivity contribution in [2.45, 2.75) is 31.8 Å². The van der Waals surface area contributed by atoms with Gasteiger partial charge in [-0.05, 0) is 24.5 Å². The fraction of sp³-hybridized carbons (Fsp3) is 0.556. The number of aliphatic hydroxyl groups excluding tert-OH is 1. The molecule has 1 aliphatic carbocycles. The molecule has 11 heavy (non-hydrogen) atoms. The predicted octanol–water partition coefficient (Wildman–Crippen LogP) is 1.69. The van der Waals surface area contributed by atoms with Crippen LogP contribution in [-0.4, -0.2) is 11.2 Å². The zero-order chi connectivity index (χ0) is 7.84. The number of hydrogen-bond donors (Lipinski definition) is 1. The van der Waals surface area contributed by atoms with Crippen molar-refractivity contribution >= 4 is 0 Å². The van der Waals surface area contributed by atoms with E-state index in [0.29, 0.717) is 0 Å². The molecule has 1 aromatic rings. The number of furan rings is 1. The summed E-state index contributed by atoms with van der Waals surface area (Å²) in [6, 6.07) is 2.00. The maximum absolute atomic E-state index is 9.48.